The third-order valence-corrected chi connectivity index (χ3v) is 4.00. The fraction of sp³-hybridized carbons (Fsp3) is 0.143. The average molecular weight is 357 g/mol. The number of carbonyl (C=O) groups is 1. The molecule has 6 heteroatoms. The number of nitrogens with one attached hydrogen (secondary N) is 2. The number of aromatic nitrogens is 2. The summed E-state index contributed by atoms with van der Waals surface area (Å²) in [7, 11) is 0. The molecule has 0 radical (unpaired) electrons. The molecular formula is C21H19N5O. The van der Waals surface area contributed by atoms with Crippen molar-refractivity contribution >= 4 is 23.1 Å². The summed E-state index contributed by atoms with van der Waals surface area (Å²) in [5.74, 6) is 0.726. The number of nitrogens with zero attached hydrogens (tertiary/aromatic N) is 3. The fourth-order valence-corrected chi connectivity index (χ4v) is 2.66. The second-order valence-corrected chi connectivity index (χ2v) is 5.96. The van der Waals surface area contributed by atoms with E-state index in [1.165, 1.54) is 0 Å². The molecule has 3 rings (SSSR count). The summed E-state index contributed by atoms with van der Waals surface area (Å²) in [6.45, 7) is 3.83. The van der Waals surface area contributed by atoms with Gasteiger partial charge in [0, 0.05) is 17.4 Å². The standard InChI is InChI=1S/C21H19N5O/c1-3-16-6-4-5-7-18(16)26-20-12-19(23-14(2)24-20)21(27)25-17-10-8-15(13-22)9-11-17/h4-12H,3H2,1-2H3,(H,25,27)(H,23,24,26). The molecule has 1 aromatic heterocycles. The number of benzene rings is 2. The van der Waals surface area contributed by atoms with Crippen LogP contribution in [-0.4, -0.2) is 15.9 Å². The number of para-hydroxylation sites is 1. The van der Waals surface area contributed by atoms with Gasteiger partial charge in [-0.05, 0) is 49.2 Å². The van der Waals surface area contributed by atoms with Gasteiger partial charge in [-0.2, -0.15) is 5.26 Å². The van der Waals surface area contributed by atoms with Gasteiger partial charge in [-0.3, -0.25) is 4.79 Å². The Labute approximate surface area is 157 Å². The van der Waals surface area contributed by atoms with E-state index in [0.29, 0.717) is 22.9 Å². The molecule has 0 atom stereocenters. The number of rotatable bonds is 5. The van der Waals surface area contributed by atoms with Gasteiger partial charge in [0.25, 0.3) is 5.91 Å². The number of amides is 1. The number of aryl methyl sites for hydroxylation is 2. The van der Waals surface area contributed by atoms with Gasteiger partial charge in [-0.25, -0.2) is 9.97 Å². The largest absolute Gasteiger partial charge is 0.340 e. The number of hydrogen-bond acceptors (Lipinski definition) is 5. The summed E-state index contributed by atoms with van der Waals surface area (Å²) in [5, 5.41) is 14.9. The van der Waals surface area contributed by atoms with E-state index in [-0.39, 0.29) is 11.6 Å². The van der Waals surface area contributed by atoms with Crippen LogP contribution in [0.15, 0.2) is 54.6 Å². The topological polar surface area (TPSA) is 90.7 Å². The highest BCUT2D eigenvalue weighted by Gasteiger charge is 2.12. The minimum atomic E-state index is -0.336. The Balaban J connectivity index is 1.81. The Hall–Kier alpha value is -3.72. The van der Waals surface area contributed by atoms with Crippen molar-refractivity contribution in [1.29, 1.82) is 5.26 Å². The fourth-order valence-electron chi connectivity index (χ4n) is 2.66. The number of hydrogen-bond donors (Lipinski definition) is 2. The number of anilines is 3. The zero-order valence-corrected chi connectivity index (χ0v) is 15.2. The van der Waals surface area contributed by atoms with E-state index in [4.69, 9.17) is 5.26 Å². The molecule has 2 aromatic carbocycles. The summed E-state index contributed by atoms with van der Waals surface area (Å²) >= 11 is 0. The van der Waals surface area contributed by atoms with Crippen LogP contribution in [0.25, 0.3) is 0 Å². The lowest BCUT2D eigenvalue weighted by Gasteiger charge is -2.12. The van der Waals surface area contributed by atoms with Crippen LogP contribution in [0, 0.1) is 18.3 Å². The predicted molar refractivity (Wildman–Crippen MR) is 105 cm³/mol. The van der Waals surface area contributed by atoms with Crippen LogP contribution in [0.5, 0.6) is 0 Å². The maximum Gasteiger partial charge on any atom is 0.274 e. The molecular weight excluding hydrogens is 338 g/mol. The predicted octanol–water partition coefficient (Wildman–Crippen LogP) is 4.22. The van der Waals surface area contributed by atoms with E-state index in [0.717, 1.165) is 17.7 Å². The molecule has 3 aromatic rings. The first-order valence-corrected chi connectivity index (χ1v) is 8.61. The van der Waals surface area contributed by atoms with Gasteiger partial charge >= 0.3 is 0 Å². The van der Waals surface area contributed by atoms with Crippen molar-refractivity contribution in [3.63, 3.8) is 0 Å². The third kappa shape index (κ3) is 4.47. The van der Waals surface area contributed by atoms with Crippen LogP contribution in [0.2, 0.25) is 0 Å². The van der Waals surface area contributed by atoms with Crippen LogP contribution in [0.4, 0.5) is 17.2 Å². The second-order valence-electron chi connectivity index (χ2n) is 5.96. The Morgan fingerprint density at radius 2 is 1.85 bits per heavy atom. The molecule has 1 amide bonds. The molecule has 1 heterocycles. The molecule has 134 valence electrons. The maximum absolute atomic E-state index is 12.6. The Morgan fingerprint density at radius 1 is 1.11 bits per heavy atom. The van der Waals surface area contributed by atoms with E-state index in [1.807, 2.05) is 24.3 Å². The summed E-state index contributed by atoms with van der Waals surface area (Å²) in [5.41, 5.74) is 3.52. The molecule has 0 bridgehead atoms. The molecule has 0 unspecified atom stereocenters. The lowest BCUT2D eigenvalue weighted by molar-refractivity contribution is 0.102. The van der Waals surface area contributed by atoms with Gasteiger partial charge in [0.2, 0.25) is 0 Å². The second kappa shape index (κ2) is 8.11. The van der Waals surface area contributed by atoms with Gasteiger partial charge in [0.05, 0.1) is 11.6 Å². The molecule has 27 heavy (non-hydrogen) atoms. The Morgan fingerprint density at radius 3 is 2.56 bits per heavy atom. The summed E-state index contributed by atoms with van der Waals surface area (Å²) in [4.78, 5) is 21.2. The van der Waals surface area contributed by atoms with Crippen LogP contribution in [0.3, 0.4) is 0 Å². The first kappa shape index (κ1) is 18.1. The first-order valence-electron chi connectivity index (χ1n) is 8.61. The van der Waals surface area contributed by atoms with Gasteiger partial charge in [-0.1, -0.05) is 25.1 Å². The monoisotopic (exact) mass is 357 g/mol. The van der Waals surface area contributed by atoms with E-state index >= 15 is 0 Å². The van der Waals surface area contributed by atoms with Crippen LogP contribution in [0.1, 0.15) is 34.4 Å². The lowest BCUT2D eigenvalue weighted by Crippen LogP contribution is -2.15. The van der Waals surface area contributed by atoms with E-state index in [1.54, 1.807) is 37.3 Å². The van der Waals surface area contributed by atoms with Crippen LogP contribution < -0.4 is 10.6 Å². The van der Waals surface area contributed by atoms with Crippen molar-refractivity contribution in [2.75, 3.05) is 10.6 Å². The summed E-state index contributed by atoms with van der Waals surface area (Å²) in [6.07, 6.45) is 0.888. The molecule has 0 aliphatic carbocycles. The average Bonchev–Trinajstić information content (AvgIpc) is 2.68. The molecule has 2 N–H and O–H groups in total. The van der Waals surface area contributed by atoms with Gasteiger partial charge in [-0.15, -0.1) is 0 Å². The van der Waals surface area contributed by atoms with Crippen molar-refractivity contribution < 1.29 is 4.79 Å². The lowest BCUT2D eigenvalue weighted by atomic mass is 10.1. The molecule has 0 aliphatic rings. The summed E-state index contributed by atoms with van der Waals surface area (Å²) < 4.78 is 0. The van der Waals surface area contributed by atoms with Gasteiger partial charge in [0.1, 0.15) is 17.3 Å². The molecule has 6 nitrogen and oxygen atoms in total. The number of nitriles is 1. The van der Waals surface area contributed by atoms with E-state index < -0.39 is 0 Å². The highest BCUT2D eigenvalue weighted by atomic mass is 16.1. The maximum atomic E-state index is 12.6. The smallest absolute Gasteiger partial charge is 0.274 e. The van der Waals surface area contributed by atoms with Crippen molar-refractivity contribution in [3.8, 4) is 6.07 Å². The molecule has 0 spiro atoms. The summed E-state index contributed by atoms with van der Waals surface area (Å²) in [6, 6.07) is 18.3. The first-order chi connectivity index (χ1) is 13.1. The van der Waals surface area contributed by atoms with E-state index in [9.17, 15) is 4.79 Å². The van der Waals surface area contributed by atoms with Crippen LogP contribution in [-0.2, 0) is 6.42 Å². The molecule has 0 aliphatic heterocycles. The molecule has 0 saturated carbocycles. The number of carbonyl (C=O) groups excluding carboxylic acids is 1. The van der Waals surface area contributed by atoms with E-state index in [2.05, 4.69) is 33.6 Å². The van der Waals surface area contributed by atoms with Crippen LogP contribution >= 0.6 is 0 Å². The Bertz CT molecular complexity index is 1010. The van der Waals surface area contributed by atoms with Crippen molar-refractivity contribution in [1.82, 2.24) is 9.97 Å². The third-order valence-electron chi connectivity index (χ3n) is 4.00. The quantitative estimate of drug-likeness (QED) is 0.713. The normalized spacial score (nSPS) is 10.1. The minimum Gasteiger partial charge on any atom is -0.340 e. The molecule has 0 fully saturated rings. The highest BCUT2D eigenvalue weighted by molar-refractivity contribution is 6.03. The van der Waals surface area contributed by atoms with Crippen molar-refractivity contribution in [3.05, 3.63) is 77.2 Å². The zero-order valence-electron chi connectivity index (χ0n) is 15.2. The van der Waals surface area contributed by atoms with Gasteiger partial charge < -0.3 is 10.6 Å². The zero-order chi connectivity index (χ0) is 19.2. The minimum absolute atomic E-state index is 0.267. The SMILES string of the molecule is CCc1ccccc1Nc1cc(C(=O)Nc2ccc(C#N)cc2)nc(C)n1. The van der Waals surface area contributed by atoms with Gasteiger partial charge in [0.15, 0.2) is 0 Å². The Kier molecular flexibility index (Phi) is 5.43. The van der Waals surface area contributed by atoms with Crippen molar-refractivity contribution in [2.24, 2.45) is 0 Å². The van der Waals surface area contributed by atoms with Crippen molar-refractivity contribution in [2.45, 2.75) is 20.3 Å². The highest BCUT2D eigenvalue weighted by Crippen LogP contribution is 2.21. The molecule has 0 saturated heterocycles.